The van der Waals surface area contributed by atoms with E-state index in [-0.39, 0.29) is 32.2 Å². The van der Waals surface area contributed by atoms with E-state index in [1.807, 2.05) is 75.3 Å². The maximum Gasteiger partial charge on any atom is 0.171 e. The highest BCUT2D eigenvalue weighted by molar-refractivity contribution is 9.09. The normalized spacial score (nSPS) is 14.7. The Labute approximate surface area is 475 Å². The van der Waals surface area contributed by atoms with Crippen LogP contribution in [0.25, 0.3) is 44.8 Å². The molecule has 0 unspecified atom stereocenters. The van der Waals surface area contributed by atoms with E-state index in [2.05, 4.69) is 118 Å². The summed E-state index contributed by atoms with van der Waals surface area (Å²) < 4.78 is 15.8. The van der Waals surface area contributed by atoms with Gasteiger partial charge in [0.2, 0.25) is 0 Å². The Bertz CT molecular complexity index is 2870. The van der Waals surface area contributed by atoms with E-state index in [1.54, 1.807) is 6.20 Å². The lowest BCUT2D eigenvalue weighted by molar-refractivity contribution is 0.0842. The highest BCUT2D eigenvalue weighted by Crippen LogP contribution is 2.32. The van der Waals surface area contributed by atoms with Crippen LogP contribution in [0.2, 0.25) is 51.4 Å². The molecule has 19 heteroatoms. The second kappa shape index (κ2) is 28.6. The maximum absolute atomic E-state index is 13.4. The van der Waals surface area contributed by atoms with Gasteiger partial charge in [0, 0.05) is 139 Å². The lowest BCUT2D eigenvalue weighted by Crippen LogP contribution is -2.47. The zero-order valence-electron chi connectivity index (χ0n) is 48.1. The lowest BCUT2D eigenvalue weighted by atomic mass is 9.87. The van der Waals surface area contributed by atoms with Crippen molar-refractivity contribution < 1.29 is 29.3 Å². The zero-order chi connectivity index (χ0) is 56.1. The number of fused-ring (bicyclic) bond motifs is 2. The predicted molar refractivity (Wildman–Crippen MR) is 330 cm³/mol. The van der Waals surface area contributed by atoms with Crippen molar-refractivity contribution in [2.45, 2.75) is 114 Å². The quantitative estimate of drug-likeness (QED) is 0.0302. The van der Waals surface area contributed by atoms with E-state index in [9.17, 15) is 14.7 Å². The molecular formula is C59H91BrN10O6Si2. The van der Waals surface area contributed by atoms with Gasteiger partial charge >= 0.3 is 0 Å². The van der Waals surface area contributed by atoms with Gasteiger partial charge < -0.3 is 43.9 Å². The van der Waals surface area contributed by atoms with Gasteiger partial charge in [-0.15, -0.1) is 0 Å². The fraction of sp³-hybridized carbons (Fsp3) is 0.559. The Morgan fingerprint density at radius 2 is 1.05 bits per heavy atom. The number of alkyl halides is 1. The summed E-state index contributed by atoms with van der Waals surface area (Å²) >= 11 is 3.00. The van der Waals surface area contributed by atoms with Gasteiger partial charge in [-0.25, -0.2) is 19.9 Å². The first-order chi connectivity index (χ1) is 36.4. The summed E-state index contributed by atoms with van der Waals surface area (Å²) in [6.45, 7) is 36.6. The smallest absolute Gasteiger partial charge is 0.171 e. The van der Waals surface area contributed by atoms with Crippen LogP contribution in [0.5, 0.6) is 0 Å². The van der Waals surface area contributed by atoms with Crippen LogP contribution in [-0.2, 0) is 22.9 Å². The van der Waals surface area contributed by atoms with Crippen LogP contribution in [0.1, 0.15) is 69.7 Å². The number of rotatable bonds is 19. The molecule has 3 N–H and O–H groups in total. The number of nitrogens with zero attached hydrogens (tertiary/aromatic N) is 9. The van der Waals surface area contributed by atoms with E-state index in [0.717, 1.165) is 99.2 Å². The standard InChI is InChI=1S/C29H43N5O3Si.C27H39N5O2Si.C2H5BrO.CH4/c1-29(2,3)27(36)24-20-34(21-37-16-17-38(4,5)6)28-26(24)31-25(19-30-28)22-8-7-9-23(18-22)33-12-10-32(11-13-33)14-15-35;1-27(2,3)25(33)22-18-32(19-34-14-15-35(4,5)6)26-24(22)30-23(17-29-26)20-8-7-9-21(16-20)31-12-10-28-11-13-31;3-1-2-4;/h7-9,18-20,35H,10-17,21H2,1-6H3;7-9,16-18,28H,10-15,19H2,1-6H3;4H,1-2H2;1H4. The van der Waals surface area contributed by atoms with Gasteiger partial charge in [0.1, 0.15) is 24.5 Å². The van der Waals surface area contributed by atoms with Crippen LogP contribution in [0.4, 0.5) is 11.4 Å². The molecule has 0 saturated carbocycles. The number of hydrogen-bond acceptors (Lipinski definition) is 14. The van der Waals surface area contributed by atoms with Crippen molar-refractivity contribution in [2.75, 3.05) is 100 Å². The van der Waals surface area contributed by atoms with Gasteiger partial charge in [0.05, 0.1) is 48.1 Å². The number of aromatic nitrogens is 6. The third-order valence-corrected chi connectivity index (χ3v) is 17.2. The minimum Gasteiger partial charge on any atom is -0.396 e. The molecule has 4 aromatic heterocycles. The van der Waals surface area contributed by atoms with Crippen LogP contribution in [0.3, 0.4) is 0 Å². The largest absolute Gasteiger partial charge is 0.396 e. The number of β-amino-alcohol motifs (C(OH)–C–C–N with tert-alkyl or cyclic N) is 1. The van der Waals surface area contributed by atoms with E-state index < -0.39 is 27.0 Å². The van der Waals surface area contributed by atoms with Crippen molar-refractivity contribution in [3.8, 4) is 22.5 Å². The van der Waals surface area contributed by atoms with Crippen molar-refractivity contribution in [1.29, 1.82) is 0 Å². The number of benzene rings is 2. The number of piperazine rings is 2. The van der Waals surface area contributed by atoms with Crippen molar-refractivity contribution in [3.05, 3.63) is 84.4 Å². The number of carbonyl (C=O) groups excluding carboxylic acids is 2. The van der Waals surface area contributed by atoms with Gasteiger partial charge in [-0.05, 0) is 36.4 Å². The first kappa shape index (κ1) is 64.1. The second-order valence-corrected chi connectivity index (χ2v) is 36.6. The maximum atomic E-state index is 13.4. The lowest BCUT2D eigenvalue weighted by Gasteiger charge is -2.35. The second-order valence-electron chi connectivity index (χ2n) is 24.5. The van der Waals surface area contributed by atoms with E-state index in [1.165, 1.54) is 5.69 Å². The fourth-order valence-corrected chi connectivity index (χ4v) is 10.3. The molecule has 0 atom stereocenters. The third kappa shape index (κ3) is 18.2. The van der Waals surface area contributed by atoms with Gasteiger partial charge in [0.15, 0.2) is 22.9 Å². The first-order valence-corrected chi connectivity index (χ1v) is 35.8. The molecule has 0 radical (unpaired) electrons. The molecule has 8 rings (SSSR count). The monoisotopic (exact) mass is 1170 g/mol. The number of aliphatic hydroxyl groups is 2. The Morgan fingerprint density at radius 3 is 1.42 bits per heavy atom. The summed E-state index contributed by atoms with van der Waals surface area (Å²) in [4.78, 5) is 53.3. The molecule has 428 valence electrons. The molecular weight excluding hydrogens is 1080 g/mol. The van der Waals surface area contributed by atoms with Crippen molar-refractivity contribution in [3.63, 3.8) is 0 Å². The van der Waals surface area contributed by atoms with Gasteiger partial charge in [-0.1, -0.05) is 128 Å². The highest BCUT2D eigenvalue weighted by Gasteiger charge is 2.30. The molecule has 2 saturated heterocycles. The van der Waals surface area contributed by atoms with Crippen LogP contribution >= 0.6 is 15.9 Å². The summed E-state index contributed by atoms with van der Waals surface area (Å²) in [6, 6.07) is 19.0. The molecule has 2 aromatic carbocycles. The minimum absolute atomic E-state index is 0. The third-order valence-electron chi connectivity index (χ3n) is 13.4. The van der Waals surface area contributed by atoms with Crippen LogP contribution in [0, 0.1) is 10.8 Å². The molecule has 0 spiro atoms. The molecule has 0 bridgehead atoms. The summed E-state index contributed by atoms with van der Waals surface area (Å²) in [7, 11) is -2.36. The Morgan fingerprint density at radius 1 is 0.641 bits per heavy atom. The molecule has 2 fully saturated rings. The fourth-order valence-electron chi connectivity index (χ4n) is 8.82. The number of carbonyl (C=O) groups is 2. The number of aliphatic hydroxyl groups excluding tert-OH is 2. The number of nitrogens with one attached hydrogen (secondary N) is 1. The molecule has 2 aliphatic heterocycles. The molecule has 78 heavy (non-hydrogen) atoms. The first-order valence-electron chi connectivity index (χ1n) is 27.3. The summed E-state index contributed by atoms with van der Waals surface area (Å²) in [5.74, 6) is 0.105. The predicted octanol–water partition coefficient (Wildman–Crippen LogP) is 10.8. The van der Waals surface area contributed by atoms with Crippen molar-refractivity contribution in [1.82, 2.24) is 39.3 Å². The van der Waals surface area contributed by atoms with Gasteiger partial charge in [-0.2, -0.15) is 0 Å². The molecule has 6 aromatic rings. The summed E-state index contributed by atoms with van der Waals surface area (Å²) in [6.07, 6.45) is 7.33. The van der Waals surface area contributed by atoms with E-state index in [0.29, 0.717) is 65.5 Å². The minimum atomic E-state index is -1.19. The van der Waals surface area contributed by atoms with Crippen LogP contribution < -0.4 is 15.1 Å². The molecule has 2 aliphatic rings. The van der Waals surface area contributed by atoms with Crippen LogP contribution in [-0.4, -0.2) is 163 Å². The molecule has 0 amide bonds. The number of ether oxygens (including phenoxy) is 2. The van der Waals surface area contributed by atoms with E-state index in [4.69, 9.17) is 34.5 Å². The van der Waals surface area contributed by atoms with Gasteiger partial charge in [0.25, 0.3) is 0 Å². The van der Waals surface area contributed by atoms with Crippen LogP contribution in [0.15, 0.2) is 73.3 Å². The number of halogens is 1. The topological polar surface area (TPSA) is 176 Å². The molecule has 16 nitrogen and oxygen atoms in total. The Hall–Kier alpha value is -4.71. The Balaban J connectivity index is 0.000000266. The average Bonchev–Trinajstić information content (AvgIpc) is 4.02. The number of anilines is 2. The summed E-state index contributed by atoms with van der Waals surface area (Å²) in [5.41, 5.74) is 8.60. The highest BCUT2D eigenvalue weighted by atomic mass is 79.9. The van der Waals surface area contributed by atoms with Gasteiger partial charge in [-0.3, -0.25) is 14.5 Å². The average molecular weight is 1170 g/mol. The number of ketones is 2. The Kier molecular flexibility index (Phi) is 23.5. The van der Waals surface area contributed by atoms with E-state index >= 15 is 0 Å². The molecule has 0 aliphatic carbocycles. The zero-order valence-corrected chi connectivity index (χ0v) is 51.7. The number of hydrogen-bond donors (Lipinski definition) is 3. The number of Topliss-reactive ketones (excluding diaryl/α,β-unsaturated/α-hetero) is 2. The van der Waals surface area contributed by atoms with Crippen molar-refractivity contribution >= 4 is 77.3 Å². The summed E-state index contributed by atoms with van der Waals surface area (Å²) in [5, 5.41) is 21.1. The molecule has 6 heterocycles. The van der Waals surface area contributed by atoms with Crippen molar-refractivity contribution in [2.24, 2.45) is 10.8 Å². The SMILES string of the molecule is C.CC(C)(C)C(=O)c1cn(COCC[Si](C)(C)C)c2ncc(-c3cccc(N4CCN(CCO)CC4)c3)nc12.CC(C)(C)C(=O)c1cn(COCC[Si](C)(C)C)c2ncc(-c3cccc(N4CCNCC4)c3)nc12.OCCBr.